The van der Waals surface area contributed by atoms with E-state index in [9.17, 15) is 9.90 Å². The third-order valence-electron chi connectivity index (χ3n) is 2.78. The Morgan fingerprint density at radius 3 is 2.67 bits per heavy atom. The number of phenolic OH excluding ortho intramolecular Hbond substituents is 2. The van der Waals surface area contributed by atoms with Crippen LogP contribution in [0.3, 0.4) is 0 Å². The standard InChI is InChI=1S/C14H21NO3/c1-2-3-4-9-15-14(18)8-6-11-5-7-12(16)13(17)10-11/h5,7,10,16-17H,2-4,6,8-9H2,1H3,(H,15,18). The normalized spacial score (nSPS) is 10.3. The average molecular weight is 251 g/mol. The zero-order valence-corrected chi connectivity index (χ0v) is 10.8. The molecule has 4 nitrogen and oxygen atoms in total. The van der Waals surface area contributed by atoms with E-state index in [1.54, 1.807) is 6.07 Å². The maximum absolute atomic E-state index is 11.5. The molecule has 0 unspecified atom stereocenters. The molecule has 0 spiro atoms. The summed E-state index contributed by atoms with van der Waals surface area (Å²) < 4.78 is 0. The fourth-order valence-corrected chi connectivity index (χ4v) is 1.67. The Morgan fingerprint density at radius 1 is 1.22 bits per heavy atom. The lowest BCUT2D eigenvalue weighted by molar-refractivity contribution is -0.121. The maximum atomic E-state index is 11.5. The van der Waals surface area contributed by atoms with Crippen LogP contribution in [0.2, 0.25) is 0 Å². The number of aromatic hydroxyl groups is 2. The SMILES string of the molecule is CCCCCNC(=O)CCc1ccc(O)c(O)c1. The average Bonchev–Trinajstić information content (AvgIpc) is 2.36. The van der Waals surface area contributed by atoms with Gasteiger partial charge in [0.1, 0.15) is 0 Å². The Bertz CT molecular complexity index is 391. The van der Waals surface area contributed by atoms with Gasteiger partial charge in [0.05, 0.1) is 0 Å². The highest BCUT2D eigenvalue weighted by molar-refractivity contribution is 5.76. The van der Waals surface area contributed by atoms with Gasteiger partial charge in [-0.05, 0) is 30.5 Å². The van der Waals surface area contributed by atoms with Crippen LogP contribution >= 0.6 is 0 Å². The van der Waals surface area contributed by atoms with Gasteiger partial charge in [-0.15, -0.1) is 0 Å². The number of hydrogen-bond donors (Lipinski definition) is 3. The Hall–Kier alpha value is -1.71. The lowest BCUT2D eigenvalue weighted by atomic mass is 10.1. The van der Waals surface area contributed by atoms with Gasteiger partial charge < -0.3 is 15.5 Å². The van der Waals surface area contributed by atoms with Crippen LogP contribution < -0.4 is 5.32 Å². The molecular formula is C14H21NO3. The van der Waals surface area contributed by atoms with Gasteiger partial charge in [-0.2, -0.15) is 0 Å². The molecule has 0 aliphatic heterocycles. The lowest BCUT2D eigenvalue weighted by Gasteiger charge is -2.05. The van der Waals surface area contributed by atoms with E-state index in [0.29, 0.717) is 12.8 Å². The van der Waals surface area contributed by atoms with Crippen molar-refractivity contribution in [1.29, 1.82) is 0 Å². The molecule has 3 N–H and O–H groups in total. The van der Waals surface area contributed by atoms with Crippen LogP contribution in [0, 0.1) is 0 Å². The van der Waals surface area contributed by atoms with E-state index in [2.05, 4.69) is 12.2 Å². The van der Waals surface area contributed by atoms with Gasteiger partial charge in [0.2, 0.25) is 5.91 Å². The quantitative estimate of drug-likeness (QED) is 0.514. The first-order chi connectivity index (χ1) is 8.63. The molecule has 0 saturated carbocycles. The molecule has 1 aromatic rings. The van der Waals surface area contributed by atoms with Gasteiger partial charge in [-0.25, -0.2) is 0 Å². The molecule has 1 amide bonds. The van der Waals surface area contributed by atoms with Crippen molar-refractivity contribution in [3.05, 3.63) is 23.8 Å². The van der Waals surface area contributed by atoms with Gasteiger partial charge in [0.25, 0.3) is 0 Å². The van der Waals surface area contributed by atoms with E-state index in [1.807, 2.05) is 0 Å². The van der Waals surface area contributed by atoms with Crippen LogP contribution in [0.1, 0.15) is 38.2 Å². The van der Waals surface area contributed by atoms with Gasteiger partial charge in [-0.3, -0.25) is 4.79 Å². The number of nitrogens with one attached hydrogen (secondary N) is 1. The number of rotatable bonds is 7. The van der Waals surface area contributed by atoms with Crippen molar-refractivity contribution < 1.29 is 15.0 Å². The fraction of sp³-hybridized carbons (Fsp3) is 0.500. The lowest BCUT2D eigenvalue weighted by Crippen LogP contribution is -2.24. The Balaban J connectivity index is 2.27. The van der Waals surface area contributed by atoms with Crippen LogP contribution in [-0.2, 0) is 11.2 Å². The maximum Gasteiger partial charge on any atom is 0.220 e. The largest absolute Gasteiger partial charge is 0.504 e. The topological polar surface area (TPSA) is 69.6 Å². The fourth-order valence-electron chi connectivity index (χ4n) is 1.67. The number of amides is 1. The van der Waals surface area contributed by atoms with Crippen molar-refractivity contribution in [3.8, 4) is 11.5 Å². The van der Waals surface area contributed by atoms with Gasteiger partial charge in [0.15, 0.2) is 11.5 Å². The molecule has 0 aromatic heterocycles. The molecule has 0 fully saturated rings. The Morgan fingerprint density at radius 2 is 2.00 bits per heavy atom. The predicted molar refractivity (Wildman–Crippen MR) is 70.6 cm³/mol. The summed E-state index contributed by atoms with van der Waals surface area (Å²) in [6.45, 7) is 2.85. The minimum Gasteiger partial charge on any atom is -0.504 e. The van der Waals surface area contributed by atoms with E-state index >= 15 is 0 Å². The minimum atomic E-state index is -0.143. The van der Waals surface area contributed by atoms with Crippen LogP contribution in [0.15, 0.2) is 18.2 Å². The Kier molecular flexibility index (Phi) is 6.05. The first-order valence-corrected chi connectivity index (χ1v) is 6.41. The molecule has 1 aromatic carbocycles. The Labute approximate surface area is 108 Å². The van der Waals surface area contributed by atoms with E-state index in [1.165, 1.54) is 12.1 Å². The molecule has 0 saturated heterocycles. The highest BCUT2D eigenvalue weighted by Crippen LogP contribution is 2.25. The summed E-state index contributed by atoms with van der Waals surface area (Å²) in [6.07, 6.45) is 4.25. The van der Waals surface area contributed by atoms with Crippen molar-refractivity contribution in [3.63, 3.8) is 0 Å². The number of carbonyl (C=O) groups excluding carboxylic acids is 1. The van der Waals surface area contributed by atoms with Crippen LogP contribution in [0.5, 0.6) is 11.5 Å². The summed E-state index contributed by atoms with van der Waals surface area (Å²) in [4.78, 5) is 11.5. The summed E-state index contributed by atoms with van der Waals surface area (Å²) in [5.74, 6) is -0.253. The van der Waals surface area contributed by atoms with E-state index < -0.39 is 0 Å². The smallest absolute Gasteiger partial charge is 0.220 e. The molecule has 1 rings (SSSR count). The highest BCUT2D eigenvalue weighted by Gasteiger charge is 2.04. The van der Waals surface area contributed by atoms with Crippen LogP contribution in [0.4, 0.5) is 0 Å². The minimum absolute atomic E-state index is 0.0265. The molecule has 100 valence electrons. The van der Waals surface area contributed by atoms with E-state index in [0.717, 1.165) is 31.4 Å². The first kappa shape index (κ1) is 14.4. The monoisotopic (exact) mass is 251 g/mol. The summed E-state index contributed by atoms with van der Waals surface area (Å²) >= 11 is 0. The van der Waals surface area contributed by atoms with E-state index in [4.69, 9.17) is 5.11 Å². The molecular weight excluding hydrogens is 230 g/mol. The number of hydrogen-bond acceptors (Lipinski definition) is 3. The second kappa shape index (κ2) is 7.58. The summed E-state index contributed by atoms with van der Waals surface area (Å²) in [5.41, 5.74) is 0.842. The van der Waals surface area contributed by atoms with Gasteiger partial charge >= 0.3 is 0 Å². The molecule has 0 radical (unpaired) electrons. The van der Waals surface area contributed by atoms with Crippen molar-refractivity contribution in [1.82, 2.24) is 5.32 Å². The first-order valence-electron chi connectivity index (χ1n) is 6.41. The second-order valence-electron chi connectivity index (χ2n) is 4.38. The predicted octanol–water partition coefficient (Wildman–Crippen LogP) is 2.34. The number of benzene rings is 1. The molecule has 18 heavy (non-hydrogen) atoms. The van der Waals surface area contributed by atoms with Crippen molar-refractivity contribution in [2.24, 2.45) is 0 Å². The van der Waals surface area contributed by atoms with Gasteiger partial charge in [0, 0.05) is 13.0 Å². The number of phenols is 2. The molecule has 0 atom stereocenters. The zero-order chi connectivity index (χ0) is 13.4. The van der Waals surface area contributed by atoms with Crippen LogP contribution in [0.25, 0.3) is 0 Å². The van der Waals surface area contributed by atoms with Crippen molar-refractivity contribution >= 4 is 5.91 Å². The third kappa shape index (κ3) is 5.08. The second-order valence-corrected chi connectivity index (χ2v) is 4.38. The number of carbonyl (C=O) groups is 1. The van der Waals surface area contributed by atoms with E-state index in [-0.39, 0.29) is 17.4 Å². The summed E-state index contributed by atoms with van der Waals surface area (Å²) in [5, 5.41) is 21.3. The molecule has 0 aliphatic rings. The molecule has 0 aliphatic carbocycles. The number of aryl methyl sites for hydroxylation is 1. The molecule has 0 heterocycles. The van der Waals surface area contributed by atoms with Crippen LogP contribution in [-0.4, -0.2) is 22.7 Å². The third-order valence-corrected chi connectivity index (χ3v) is 2.78. The summed E-state index contributed by atoms with van der Waals surface area (Å²) in [7, 11) is 0. The highest BCUT2D eigenvalue weighted by atomic mass is 16.3. The number of unbranched alkanes of at least 4 members (excludes halogenated alkanes) is 2. The summed E-state index contributed by atoms with van der Waals surface area (Å²) in [6, 6.07) is 4.63. The molecule has 0 bridgehead atoms. The molecule has 4 heteroatoms. The zero-order valence-electron chi connectivity index (χ0n) is 10.8. The van der Waals surface area contributed by atoms with Crippen molar-refractivity contribution in [2.75, 3.05) is 6.54 Å². The van der Waals surface area contributed by atoms with Crippen molar-refractivity contribution in [2.45, 2.75) is 39.0 Å². The van der Waals surface area contributed by atoms with Gasteiger partial charge in [-0.1, -0.05) is 25.8 Å².